The first-order valence-electron chi connectivity index (χ1n) is 7.44. The van der Waals surface area contributed by atoms with Gasteiger partial charge in [-0.2, -0.15) is 0 Å². The molecule has 2 aromatic carbocycles. The predicted molar refractivity (Wildman–Crippen MR) is 90.7 cm³/mol. The van der Waals surface area contributed by atoms with Crippen LogP contribution in [0.3, 0.4) is 0 Å². The van der Waals surface area contributed by atoms with Crippen molar-refractivity contribution in [2.45, 2.75) is 0 Å². The SMILES string of the molecule is NC(=O)c1cccc(NC(=O)NCCNC(=O)c2cccc(F)c2)c1. The second-order valence-corrected chi connectivity index (χ2v) is 5.09. The van der Waals surface area contributed by atoms with Gasteiger partial charge in [0.15, 0.2) is 0 Å². The fourth-order valence-electron chi connectivity index (χ4n) is 2.01. The van der Waals surface area contributed by atoms with Crippen LogP contribution in [0.5, 0.6) is 0 Å². The second kappa shape index (κ2) is 8.44. The van der Waals surface area contributed by atoms with Gasteiger partial charge in [0.1, 0.15) is 5.82 Å². The molecule has 0 saturated heterocycles. The Morgan fingerprint density at radius 3 is 2.32 bits per heavy atom. The first-order valence-corrected chi connectivity index (χ1v) is 7.44. The lowest BCUT2D eigenvalue weighted by Gasteiger charge is -2.09. The molecule has 4 amide bonds. The molecule has 5 N–H and O–H groups in total. The van der Waals surface area contributed by atoms with Gasteiger partial charge < -0.3 is 21.7 Å². The minimum Gasteiger partial charge on any atom is -0.366 e. The third kappa shape index (κ3) is 5.61. The first-order chi connectivity index (χ1) is 12.0. The summed E-state index contributed by atoms with van der Waals surface area (Å²) in [6.07, 6.45) is 0. The van der Waals surface area contributed by atoms with E-state index in [1.807, 2.05) is 0 Å². The van der Waals surface area contributed by atoms with E-state index in [9.17, 15) is 18.8 Å². The topological polar surface area (TPSA) is 113 Å². The molecule has 0 fully saturated rings. The van der Waals surface area contributed by atoms with E-state index in [-0.39, 0.29) is 24.2 Å². The zero-order valence-corrected chi connectivity index (χ0v) is 13.2. The second-order valence-electron chi connectivity index (χ2n) is 5.09. The van der Waals surface area contributed by atoms with Crippen molar-refractivity contribution in [2.75, 3.05) is 18.4 Å². The van der Waals surface area contributed by atoms with Gasteiger partial charge in [-0.25, -0.2) is 9.18 Å². The lowest BCUT2D eigenvalue weighted by atomic mass is 10.2. The van der Waals surface area contributed by atoms with E-state index in [1.54, 1.807) is 12.1 Å². The molecular formula is C17H17FN4O3. The summed E-state index contributed by atoms with van der Waals surface area (Å²) >= 11 is 0. The Labute approximate surface area is 143 Å². The molecule has 0 aliphatic rings. The molecule has 0 aliphatic heterocycles. The molecule has 0 bridgehead atoms. The van der Waals surface area contributed by atoms with Crippen LogP contribution in [0.25, 0.3) is 0 Å². The van der Waals surface area contributed by atoms with Gasteiger partial charge >= 0.3 is 6.03 Å². The summed E-state index contributed by atoms with van der Waals surface area (Å²) < 4.78 is 13.0. The third-order valence-electron chi connectivity index (χ3n) is 3.19. The zero-order chi connectivity index (χ0) is 18.2. The Morgan fingerprint density at radius 1 is 0.920 bits per heavy atom. The highest BCUT2D eigenvalue weighted by Crippen LogP contribution is 2.09. The fraction of sp³-hybridized carbons (Fsp3) is 0.118. The van der Waals surface area contributed by atoms with Crippen LogP contribution in [0, 0.1) is 5.82 Å². The minimum absolute atomic E-state index is 0.169. The van der Waals surface area contributed by atoms with Crippen LogP contribution in [-0.2, 0) is 0 Å². The molecule has 25 heavy (non-hydrogen) atoms. The number of rotatable bonds is 6. The summed E-state index contributed by atoms with van der Waals surface area (Å²) in [6.45, 7) is 0.340. The van der Waals surface area contributed by atoms with Crippen LogP contribution in [0.1, 0.15) is 20.7 Å². The Bertz CT molecular complexity index is 795. The summed E-state index contributed by atoms with van der Waals surface area (Å²) in [7, 11) is 0. The standard InChI is InChI=1S/C17H17FN4O3/c18-13-5-1-4-12(9-13)16(24)20-7-8-21-17(25)22-14-6-2-3-11(10-14)15(19)23/h1-6,9-10H,7-8H2,(H2,19,23)(H,20,24)(H2,21,22,25). The highest BCUT2D eigenvalue weighted by molar-refractivity contribution is 5.96. The molecule has 0 aliphatic carbocycles. The molecule has 0 atom stereocenters. The van der Waals surface area contributed by atoms with Crippen molar-refractivity contribution >= 4 is 23.5 Å². The zero-order valence-electron chi connectivity index (χ0n) is 13.2. The maximum atomic E-state index is 13.0. The number of primary amides is 1. The van der Waals surface area contributed by atoms with E-state index in [0.29, 0.717) is 5.69 Å². The number of carbonyl (C=O) groups excluding carboxylic acids is 3. The van der Waals surface area contributed by atoms with Crippen molar-refractivity contribution in [1.29, 1.82) is 0 Å². The summed E-state index contributed by atoms with van der Waals surface area (Å²) in [4.78, 5) is 34.6. The Morgan fingerprint density at radius 2 is 1.60 bits per heavy atom. The average Bonchev–Trinajstić information content (AvgIpc) is 2.58. The number of nitrogens with one attached hydrogen (secondary N) is 3. The number of hydrogen-bond donors (Lipinski definition) is 4. The maximum absolute atomic E-state index is 13.0. The molecule has 7 nitrogen and oxygen atoms in total. The highest BCUT2D eigenvalue weighted by atomic mass is 19.1. The van der Waals surface area contributed by atoms with E-state index in [2.05, 4.69) is 16.0 Å². The van der Waals surface area contributed by atoms with Crippen LogP contribution in [0.2, 0.25) is 0 Å². The lowest BCUT2D eigenvalue weighted by molar-refractivity contribution is 0.0952. The normalized spacial score (nSPS) is 9.96. The quantitative estimate of drug-likeness (QED) is 0.595. The van der Waals surface area contributed by atoms with E-state index in [0.717, 1.165) is 6.07 Å². The number of hydrogen-bond acceptors (Lipinski definition) is 3. The summed E-state index contributed by atoms with van der Waals surface area (Å²) in [6, 6.07) is 11.0. The van der Waals surface area contributed by atoms with Crippen molar-refractivity contribution in [3.8, 4) is 0 Å². The maximum Gasteiger partial charge on any atom is 0.319 e. The van der Waals surface area contributed by atoms with Gasteiger partial charge in [0, 0.05) is 29.9 Å². The van der Waals surface area contributed by atoms with Crippen molar-refractivity contribution in [2.24, 2.45) is 5.73 Å². The fourth-order valence-corrected chi connectivity index (χ4v) is 2.01. The summed E-state index contributed by atoms with van der Waals surface area (Å²) in [5, 5.41) is 7.65. The van der Waals surface area contributed by atoms with Crippen molar-refractivity contribution in [3.05, 3.63) is 65.5 Å². The van der Waals surface area contributed by atoms with Crippen molar-refractivity contribution in [1.82, 2.24) is 10.6 Å². The Kier molecular flexibility index (Phi) is 6.05. The van der Waals surface area contributed by atoms with Crippen LogP contribution in [0.15, 0.2) is 48.5 Å². The third-order valence-corrected chi connectivity index (χ3v) is 3.19. The van der Waals surface area contributed by atoms with Crippen LogP contribution in [0.4, 0.5) is 14.9 Å². The lowest BCUT2D eigenvalue weighted by Crippen LogP contribution is -2.36. The number of amides is 4. The first kappa shape index (κ1) is 17.9. The molecule has 2 aromatic rings. The predicted octanol–water partition coefficient (Wildman–Crippen LogP) is 1.48. The molecule has 0 unspecified atom stereocenters. The van der Waals surface area contributed by atoms with Gasteiger partial charge in [0.05, 0.1) is 0 Å². The van der Waals surface area contributed by atoms with Gasteiger partial charge in [0.25, 0.3) is 5.91 Å². The largest absolute Gasteiger partial charge is 0.366 e. The number of carbonyl (C=O) groups is 3. The molecule has 8 heteroatoms. The molecule has 0 heterocycles. The van der Waals surface area contributed by atoms with E-state index in [4.69, 9.17) is 5.73 Å². The van der Waals surface area contributed by atoms with Crippen LogP contribution < -0.4 is 21.7 Å². The van der Waals surface area contributed by atoms with Crippen LogP contribution >= 0.6 is 0 Å². The number of urea groups is 1. The summed E-state index contributed by atoms with van der Waals surface area (Å²) in [5.74, 6) is -1.52. The molecule has 0 saturated carbocycles. The van der Waals surface area contributed by atoms with Crippen molar-refractivity contribution < 1.29 is 18.8 Å². The van der Waals surface area contributed by atoms with E-state index < -0.39 is 23.7 Å². The van der Waals surface area contributed by atoms with Gasteiger partial charge in [0.2, 0.25) is 5.91 Å². The highest BCUT2D eigenvalue weighted by Gasteiger charge is 2.07. The Hall–Kier alpha value is -3.42. The van der Waals surface area contributed by atoms with E-state index in [1.165, 1.54) is 30.3 Å². The van der Waals surface area contributed by atoms with Gasteiger partial charge in [-0.3, -0.25) is 9.59 Å². The van der Waals surface area contributed by atoms with Gasteiger partial charge in [-0.05, 0) is 36.4 Å². The number of benzene rings is 2. The molecule has 130 valence electrons. The smallest absolute Gasteiger partial charge is 0.319 e. The van der Waals surface area contributed by atoms with Gasteiger partial charge in [-0.15, -0.1) is 0 Å². The molecule has 0 aromatic heterocycles. The number of halogens is 1. The minimum atomic E-state index is -0.593. The molecule has 0 radical (unpaired) electrons. The van der Waals surface area contributed by atoms with Gasteiger partial charge in [-0.1, -0.05) is 12.1 Å². The molecule has 0 spiro atoms. The molecular weight excluding hydrogens is 327 g/mol. The van der Waals surface area contributed by atoms with Crippen LogP contribution in [-0.4, -0.2) is 30.9 Å². The average molecular weight is 344 g/mol. The van der Waals surface area contributed by atoms with Crippen molar-refractivity contribution in [3.63, 3.8) is 0 Å². The summed E-state index contributed by atoms with van der Waals surface area (Å²) in [5.41, 5.74) is 6.06. The van der Waals surface area contributed by atoms with E-state index >= 15 is 0 Å². The monoisotopic (exact) mass is 344 g/mol. The molecule has 2 rings (SSSR count). The number of anilines is 1. The Balaban J connectivity index is 1.74. The number of nitrogens with two attached hydrogens (primary N) is 1.